The van der Waals surface area contributed by atoms with Crippen LogP contribution in [0.1, 0.15) is 42.5 Å². The van der Waals surface area contributed by atoms with Gasteiger partial charge in [-0.05, 0) is 49.2 Å². The summed E-state index contributed by atoms with van der Waals surface area (Å²) >= 11 is 0. The van der Waals surface area contributed by atoms with Crippen LogP contribution in [-0.2, 0) is 4.79 Å². The van der Waals surface area contributed by atoms with Crippen LogP contribution >= 0.6 is 0 Å². The second-order valence-corrected chi connectivity index (χ2v) is 6.79. The molecule has 2 heterocycles. The molecule has 0 bridgehead atoms. The SMILES string of the molecule is O=C(NN1C(=O)NC2(CCCCC2)C1=O)c1ccc(-n2cccc2)cc1. The minimum absolute atomic E-state index is 0.362. The lowest BCUT2D eigenvalue weighted by Crippen LogP contribution is -2.50. The van der Waals surface area contributed by atoms with E-state index in [1.54, 1.807) is 12.1 Å². The number of carbonyl (C=O) groups is 3. The fourth-order valence-electron chi connectivity index (χ4n) is 3.67. The molecule has 134 valence electrons. The molecule has 1 spiro atoms. The van der Waals surface area contributed by atoms with E-state index in [9.17, 15) is 14.4 Å². The zero-order valence-corrected chi connectivity index (χ0v) is 14.3. The van der Waals surface area contributed by atoms with Gasteiger partial charge in [-0.2, -0.15) is 5.01 Å². The maximum Gasteiger partial charge on any atom is 0.344 e. The molecule has 1 aliphatic carbocycles. The summed E-state index contributed by atoms with van der Waals surface area (Å²) in [7, 11) is 0. The third-order valence-corrected chi connectivity index (χ3v) is 5.11. The van der Waals surface area contributed by atoms with Crippen molar-refractivity contribution in [2.45, 2.75) is 37.6 Å². The second-order valence-electron chi connectivity index (χ2n) is 6.79. The Labute approximate surface area is 150 Å². The lowest BCUT2D eigenvalue weighted by molar-refractivity contribution is -0.134. The zero-order valence-electron chi connectivity index (χ0n) is 14.3. The first-order valence-corrected chi connectivity index (χ1v) is 8.80. The number of amides is 4. The third kappa shape index (κ3) is 2.75. The summed E-state index contributed by atoms with van der Waals surface area (Å²) in [5.74, 6) is -0.847. The number of hydrogen-bond acceptors (Lipinski definition) is 3. The van der Waals surface area contributed by atoms with Gasteiger partial charge in [-0.25, -0.2) is 4.79 Å². The average molecular weight is 352 g/mol. The van der Waals surface area contributed by atoms with Gasteiger partial charge < -0.3 is 9.88 Å². The molecule has 4 amide bonds. The van der Waals surface area contributed by atoms with Gasteiger partial charge in [-0.15, -0.1) is 0 Å². The Hall–Kier alpha value is -3.09. The predicted octanol–water partition coefficient (Wildman–Crippen LogP) is 2.38. The monoisotopic (exact) mass is 352 g/mol. The number of urea groups is 1. The van der Waals surface area contributed by atoms with E-state index in [1.165, 1.54) is 0 Å². The van der Waals surface area contributed by atoms with Crippen molar-refractivity contribution in [1.82, 2.24) is 20.3 Å². The molecule has 0 radical (unpaired) electrons. The van der Waals surface area contributed by atoms with Crippen LogP contribution in [0.15, 0.2) is 48.8 Å². The highest BCUT2D eigenvalue weighted by Gasteiger charge is 2.52. The summed E-state index contributed by atoms with van der Waals surface area (Å²) in [6.45, 7) is 0. The second kappa shape index (κ2) is 6.33. The standard InChI is InChI=1S/C19H20N4O3/c24-16(14-6-8-15(9-7-14)22-12-4-5-13-22)21-23-17(25)19(20-18(23)26)10-2-1-3-11-19/h4-9,12-13H,1-3,10-11H2,(H,20,26)(H,21,24). The summed E-state index contributed by atoms with van der Waals surface area (Å²) in [6, 6.07) is 10.2. The molecule has 0 unspecified atom stereocenters. The number of nitrogens with one attached hydrogen (secondary N) is 2. The highest BCUT2D eigenvalue weighted by Crippen LogP contribution is 2.33. The minimum Gasteiger partial charge on any atom is -0.324 e. The predicted molar refractivity (Wildman–Crippen MR) is 94.4 cm³/mol. The highest BCUT2D eigenvalue weighted by atomic mass is 16.2. The quantitative estimate of drug-likeness (QED) is 0.832. The fraction of sp³-hybridized carbons (Fsp3) is 0.316. The Kier molecular flexibility index (Phi) is 3.99. The van der Waals surface area contributed by atoms with Crippen molar-refractivity contribution in [2.75, 3.05) is 0 Å². The number of nitrogens with zero attached hydrogens (tertiary/aromatic N) is 2. The number of aromatic nitrogens is 1. The molecule has 2 N–H and O–H groups in total. The van der Waals surface area contributed by atoms with Crippen molar-refractivity contribution < 1.29 is 14.4 Å². The van der Waals surface area contributed by atoms with E-state index in [2.05, 4.69) is 10.7 Å². The van der Waals surface area contributed by atoms with E-state index in [-0.39, 0.29) is 5.91 Å². The summed E-state index contributed by atoms with van der Waals surface area (Å²) in [6.07, 6.45) is 7.91. The molecule has 2 fully saturated rings. The van der Waals surface area contributed by atoms with Gasteiger partial charge in [0.1, 0.15) is 5.54 Å². The first-order chi connectivity index (χ1) is 12.6. The molecule has 4 rings (SSSR count). The van der Waals surface area contributed by atoms with Gasteiger partial charge in [0, 0.05) is 23.6 Å². The van der Waals surface area contributed by atoms with Crippen LogP contribution in [0.3, 0.4) is 0 Å². The van der Waals surface area contributed by atoms with Gasteiger partial charge in [0.05, 0.1) is 0 Å². The average Bonchev–Trinajstić information content (AvgIpc) is 3.27. The Bertz CT molecular complexity index is 836. The van der Waals surface area contributed by atoms with Crippen molar-refractivity contribution in [3.05, 3.63) is 54.4 Å². The Morgan fingerprint density at radius 1 is 1.00 bits per heavy atom. The van der Waals surface area contributed by atoms with E-state index in [0.717, 1.165) is 30.0 Å². The number of imide groups is 1. The molecule has 1 saturated heterocycles. The van der Waals surface area contributed by atoms with Crippen molar-refractivity contribution in [1.29, 1.82) is 0 Å². The summed E-state index contributed by atoms with van der Waals surface area (Å²) in [4.78, 5) is 37.4. The van der Waals surface area contributed by atoms with Crippen LogP contribution in [0.25, 0.3) is 5.69 Å². The van der Waals surface area contributed by atoms with Crippen LogP contribution < -0.4 is 10.7 Å². The maximum absolute atomic E-state index is 12.7. The fourth-order valence-corrected chi connectivity index (χ4v) is 3.67. The van der Waals surface area contributed by atoms with Crippen LogP contribution in [-0.4, -0.2) is 33.0 Å². The lowest BCUT2D eigenvalue weighted by atomic mass is 9.82. The maximum atomic E-state index is 12.7. The number of rotatable bonds is 3. The topological polar surface area (TPSA) is 83.4 Å². The number of hydrazine groups is 1. The van der Waals surface area contributed by atoms with Gasteiger partial charge in [-0.1, -0.05) is 19.3 Å². The molecule has 1 aliphatic heterocycles. The number of hydrogen-bond donors (Lipinski definition) is 2. The molecule has 26 heavy (non-hydrogen) atoms. The van der Waals surface area contributed by atoms with Crippen molar-refractivity contribution in [2.24, 2.45) is 0 Å². The minimum atomic E-state index is -0.846. The molecular formula is C19H20N4O3. The first kappa shape index (κ1) is 16.4. The Morgan fingerprint density at radius 2 is 1.65 bits per heavy atom. The smallest absolute Gasteiger partial charge is 0.324 e. The number of benzene rings is 1. The van der Waals surface area contributed by atoms with E-state index >= 15 is 0 Å². The summed E-state index contributed by atoms with van der Waals surface area (Å²) < 4.78 is 1.92. The lowest BCUT2D eigenvalue weighted by Gasteiger charge is -2.30. The van der Waals surface area contributed by atoms with Crippen molar-refractivity contribution in [3.8, 4) is 5.69 Å². The van der Waals surface area contributed by atoms with Crippen LogP contribution in [0.2, 0.25) is 0 Å². The first-order valence-electron chi connectivity index (χ1n) is 8.80. The van der Waals surface area contributed by atoms with E-state index < -0.39 is 17.5 Å². The number of carbonyl (C=O) groups excluding carboxylic acids is 3. The molecule has 1 aromatic heterocycles. The molecular weight excluding hydrogens is 332 g/mol. The van der Waals surface area contributed by atoms with Gasteiger partial charge in [0.25, 0.3) is 11.8 Å². The molecule has 7 heteroatoms. The zero-order chi connectivity index (χ0) is 18.1. The van der Waals surface area contributed by atoms with Gasteiger partial charge >= 0.3 is 6.03 Å². The van der Waals surface area contributed by atoms with Crippen LogP contribution in [0.4, 0.5) is 4.79 Å². The molecule has 1 saturated carbocycles. The van der Waals surface area contributed by atoms with E-state index in [0.29, 0.717) is 18.4 Å². The molecule has 7 nitrogen and oxygen atoms in total. The largest absolute Gasteiger partial charge is 0.344 e. The Balaban J connectivity index is 1.47. The van der Waals surface area contributed by atoms with Crippen LogP contribution in [0, 0.1) is 0 Å². The molecule has 2 aliphatic rings. The van der Waals surface area contributed by atoms with Crippen molar-refractivity contribution >= 4 is 17.8 Å². The van der Waals surface area contributed by atoms with Crippen molar-refractivity contribution in [3.63, 3.8) is 0 Å². The third-order valence-electron chi connectivity index (χ3n) is 5.11. The molecule has 0 atom stereocenters. The van der Waals surface area contributed by atoms with Gasteiger partial charge in [0.2, 0.25) is 0 Å². The summed E-state index contributed by atoms with van der Waals surface area (Å²) in [5, 5.41) is 3.60. The van der Waals surface area contributed by atoms with Crippen LogP contribution in [0.5, 0.6) is 0 Å². The molecule has 1 aromatic carbocycles. The Morgan fingerprint density at radius 3 is 2.31 bits per heavy atom. The van der Waals surface area contributed by atoms with E-state index in [1.807, 2.05) is 41.2 Å². The van der Waals surface area contributed by atoms with Gasteiger partial charge in [-0.3, -0.25) is 15.0 Å². The summed E-state index contributed by atoms with van der Waals surface area (Å²) in [5.41, 5.74) is 2.90. The molecule has 2 aromatic rings. The normalized spacial score (nSPS) is 18.8. The highest BCUT2D eigenvalue weighted by molar-refractivity contribution is 6.09. The van der Waals surface area contributed by atoms with Gasteiger partial charge in [0.15, 0.2) is 0 Å². The van der Waals surface area contributed by atoms with E-state index in [4.69, 9.17) is 0 Å².